The summed E-state index contributed by atoms with van der Waals surface area (Å²) in [6.45, 7) is 6.27. The van der Waals surface area contributed by atoms with E-state index < -0.39 is 0 Å². The highest BCUT2D eigenvalue weighted by Gasteiger charge is 2.29. The summed E-state index contributed by atoms with van der Waals surface area (Å²) in [5.41, 5.74) is 10.2. The van der Waals surface area contributed by atoms with Crippen LogP contribution in [-0.4, -0.2) is 13.1 Å². The van der Waals surface area contributed by atoms with Crippen LogP contribution in [0.25, 0.3) is 0 Å². The average Bonchev–Trinajstić information content (AvgIpc) is 2.17. The fourth-order valence-corrected chi connectivity index (χ4v) is 2.44. The lowest BCUT2D eigenvalue weighted by molar-refractivity contribution is 0.322. The van der Waals surface area contributed by atoms with E-state index in [1.165, 1.54) is 23.1 Å². The molecule has 0 aliphatic carbocycles. The largest absolute Gasteiger partial charge is 0.320 e. The van der Waals surface area contributed by atoms with Gasteiger partial charge in [-0.15, -0.1) is 0 Å². The van der Waals surface area contributed by atoms with Gasteiger partial charge in [0.1, 0.15) is 0 Å². The number of hydrogen-bond acceptors (Lipinski definition) is 2. The molecule has 15 heavy (non-hydrogen) atoms. The molecule has 3 N–H and O–H groups in total. The minimum Gasteiger partial charge on any atom is -0.320 e. The molecule has 0 spiro atoms. The third kappa shape index (κ3) is 2.21. The van der Waals surface area contributed by atoms with Crippen LogP contribution in [0.4, 0.5) is 0 Å². The number of benzene rings is 1. The van der Waals surface area contributed by atoms with Crippen LogP contribution in [0.2, 0.25) is 0 Å². The Morgan fingerprint density at radius 3 is 2.40 bits per heavy atom. The van der Waals surface area contributed by atoms with Crippen molar-refractivity contribution >= 4 is 0 Å². The normalized spacial score (nSPS) is 26.6. The molecular weight excluding hydrogens is 184 g/mol. The lowest BCUT2D eigenvalue weighted by Gasteiger charge is -2.35. The minimum atomic E-state index is -0.158. The third-order valence-electron chi connectivity index (χ3n) is 3.21. The van der Waals surface area contributed by atoms with Crippen molar-refractivity contribution in [2.45, 2.75) is 32.2 Å². The highest BCUT2D eigenvalue weighted by Crippen LogP contribution is 2.27. The van der Waals surface area contributed by atoms with Gasteiger partial charge in [-0.1, -0.05) is 29.3 Å². The Bertz CT molecular complexity index is 331. The highest BCUT2D eigenvalue weighted by molar-refractivity contribution is 5.34. The van der Waals surface area contributed by atoms with Crippen LogP contribution < -0.4 is 11.1 Å². The van der Waals surface area contributed by atoms with E-state index in [4.69, 9.17) is 5.73 Å². The first kappa shape index (κ1) is 10.7. The first-order valence-electron chi connectivity index (χ1n) is 5.68. The van der Waals surface area contributed by atoms with Gasteiger partial charge in [0.15, 0.2) is 0 Å². The summed E-state index contributed by atoms with van der Waals surface area (Å²) in [5, 5.41) is 3.39. The summed E-state index contributed by atoms with van der Waals surface area (Å²) in [6.07, 6.45) is 2.26. The molecule has 1 fully saturated rings. The molecule has 1 aliphatic rings. The number of nitrogens with two attached hydrogens (primary N) is 1. The minimum absolute atomic E-state index is 0.158. The molecule has 1 aliphatic heterocycles. The fraction of sp³-hybridized carbons (Fsp3) is 0.538. The van der Waals surface area contributed by atoms with Crippen molar-refractivity contribution in [3.63, 3.8) is 0 Å². The quantitative estimate of drug-likeness (QED) is 0.732. The molecule has 1 saturated heterocycles. The number of hydrogen-bond donors (Lipinski definition) is 2. The molecule has 1 aromatic rings. The zero-order valence-electron chi connectivity index (χ0n) is 9.64. The summed E-state index contributed by atoms with van der Waals surface area (Å²) in [7, 11) is 0. The Morgan fingerprint density at radius 2 is 1.87 bits per heavy atom. The van der Waals surface area contributed by atoms with Gasteiger partial charge in [0.25, 0.3) is 0 Å². The molecule has 0 radical (unpaired) electrons. The topological polar surface area (TPSA) is 38.0 Å². The van der Waals surface area contributed by atoms with Gasteiger partial charge >= 0.3 is 0 Å². The highest BCUT2D eigenvalue weighted by atomic mass is 15.0. The Labute approximate surface area is 91.9 Å². The van der Waals surface area contributed by atoms with E-state index in [0.717, 1.165) is 19.5 Å². The van der Waals surface area contributed by atoms with Crippen LogP contribution in [-0.2, 0) is 5.54 Å². The van der Waals surface area contributed by atoms with Gasteiger partial charge in [-0.05, 0) is 38.8 Å². The maximum atomic E-state index is 6.46. The van der Waals surface area contributed by atoms with Crippen molar-refractivity contribution in [2.75, 3.05) is 13.1 Å². The van der Waals surface area contributed by atoms with Crippen LogP contribution in [0.15, 0.2) is 18.2 Å². The standard InChI is InChI=1S/C13H20N2/c1-10-6-11(2)8-12(7-10)13(14)4-3-5-15-9-13/h6-8,15H,3-5,9,14H2,1-2H3. The molecule has 2 rings (SSSR count). The molecule has 1 aromatic carbocycles. The zero-order chi connectivity index (χ0) is 10.9. The molecule has 1 unspecified atom stereocenters. The lowest BCUT2D eigenvalue weighted by Crippen LogP contribution is -2.50. The van der Waals surface area contributed by atoms with Gasteiger partial charge < -0.3 is 11.1 Å². The van der Waals surface area contributed by atoms with E-state index in [0.29, 0.717) is 0 Å². The van der Waals surface area contributed by atoms with Crippen molar-refractivity contribution < 1.29 is 0 Å². The zero-order valence-corrected chi connectivity index (χ0v) is 9.64. The smallest absolute Gasteiger partial charge is 0.0536 e. The van der Waals surface area contributed by atoms with E-state index in [-0.39, 0.29) is 5.54 Å². The van der Waals surface area contributed by atoms with E-state index >= 15 is 0 Å². The second kappa shape index (κ2) is 3.95. The van der Waals surface area contributed by atoms with Gasteiger partial charge in [-0.3, -0.25) is 0 Å². The summed E-state index contributed by atoms with van der Waals surface area (Å²) in [5.74, 6) is 0. The van der Waals surface area contributed by atoms with E-state index in [1.54, 1.807) is 0 Å². The maximum absolute atomic E-state index is 6.46. The molecule has 2 heteroatoms. The molecule has 2 nitrogen and oxygen atoms in total. The fourth-order valence-electron chi connectivity index (χ4n) is 2.44. The Morgan fingerprint density at radius 1 is 1.20 bits per heavy atom. The molecule has 0 aromatic heterocycles. The number of rotatable bonds is 1. The van der Waals surface area contributed by atoms with E-state index in [1.807, 2.05) is 0 Å². The van der Waals surface area contributed by atoms with E-state index in [2.05, 4.69) is 37.4 Å². The van der Waals surface area contributed by atoms with Crippen molar-refractivity contribution in [3.8, 4) is 0 Å². The molecule has 0 saturated carbocycles. The third-order valence-corrected chi connectivity index (χ3v) is 3.21. The van der Waals surface area contributed by atoms with Crippen LogP contribution in [0.1, 0.15) is 29.5 Å². The molecule has 82 valence electrons. The molecule has 1 atom stereocenters. The Kier molecular flexibility index (Phi) is 2.81. The second-order valence-electron chi connectivity index (χ2n) is 4.81. The van der Waals surface area contributed by atoms with Crippen molar-refractivity contribution in [3.05, 3.63) is 34.9 Å². The first-order chi connectivity index (χ1) is 7.10. The number of nitrogens with one attached hydrogen (secondary N) is 1. The summed E-state index contributed by atoms with van der Waals surface area (Å²) in [6, 6.07) is 6.64. The summed E-state index contributed by atoms with van der Waals surface area (Å²) >= 11 is 0. The van der Waals surface area contributed by atoms with Crippen LogP contribution >= 0.6 is 0 Å². The van der Waals surface area contributed by atoms with Gasteiger partial charge in [-0.2, -0.15) is 0 Å². The Hall–Kier alpha value is -0.860. The van der Waals surface area contributed by atoms with E-state index in [9.17, 15) is 0 Å². The molecule has 0 bridgehead atoms. The predicted molar refractivity (Wildman–Crippen MR) is 63.9 cm³/mol. The monoisotopic (exact) mass is 204 g/mol. The van der Waals surface area contributed by atoms with Gasteiger partial charge in [0.05, 0.1) is 5.54 Å². The lowest BCUT2D eigenvalue weighted by atomic mass is 9.83. The summed E-state index contributed by atoms with van der Waals surface area (Å²) in [4.78, 5) is 0. The average molecular weight is 204 g/mol. The van der Waals surface area contributed by atoms with Crippen molar-refractivity contribution in [1.29, 1.82) is 0 Å². The molecule has 0 amide bonds. The first-order valence-corrected chi connectivity index (χ1v) is 5.68. The van der Waals surface area contributed by atoms with Crippen molar-refractivity contribution in [2.24, 2.45) is 5.73 Å². The molecular formula is C13H20N2. The number of aryl methyl sites for hydroxylation is 2. The SMILES string of the molecule is Cc1cc(C)cc(C2(N)CCCNC2)c1. The van der Waals surface area contributed by atoms with Crippen LogP contribution in [0, 0.1) is 13.8 Å². The predicted octanol–water partition coefficient (Wildman–Crippen LogP) is 1.84. The van der Waals surface area contributed by atoms with Crippen molar-refractivity contribution in [1.82, 2.24) is 5.32 Å². The van der Waals surface area contributed by atoms with Crippen LogP contribution in [0.5, 0.6) is 0 Å². The van der Waals surface area contributed by atoms with Crippen LogP contribution in [0.3, 0.4) is 0 Å². The van der Waals surface area contributed by atoms with Gasteiger partial charge in [0.2, 0.25) is 0 Å². The van der Waals surface area contributed by atoms with Gasteiger partial charge in [-0.25, -0.2) is 0 Å². The molecule has 1 heterocycles. The second-order valence-corrected chi connectivity index (χ2v) is 4.81. The Balaban J connectivity index is 2.34. The van der Waals surface area contributed by atoms with Gasteiger partial charge in [0, 0.05) is 6.54 Å². The summed E-state index contributed by atoms with van der Waals surface area (Å²) < 4.78 is 0. The maximum Gasteiger partial charge on any atom is 0.0536 e. The number of piperidine rings is 1.